The van der Waals surface area contributed by atoms with E-state index in [1.165, 1.54) is 0 Å². The average molecular weight is 453 g/mol. The van der Waals surface area contributed by atoms with Crippen LogP contribution in [0, 0.1) is 5.92 Å². The molecule has 1 heterocycles. The van der Waals surface area contributed by atoms with Crippen LogP contribution in [0.1, 0.15) is 48.4 Å². The minimum atomic E-state index is -4.68. The summed E-state index contributed by atoms with van der Waals surface area (Å²) in [6, 6.07) is 1.24. The Balaban J connectivity index is 0.00000196. The van der Waals surface area contributed by atoms with E-state index in [0.29, 0.717) is 38.3 Å². The second kappa shape index (κ2) is 9.87. The Morgan fingerprint density at radius 1 is 0.893 bits per heavy atom. The van der Waals surface area contributed by atoms with Gasteiger partial charge in [-0.1, -0.05) is 12.8 Å². The van der Waals surface area contributed by atoms with Gasteiger partial charge in [0, 0.05) is 32.2 Å². The Bertz CT molecular complexity index is 623. The Morgan fingerprint density at radius 2 is 1.46 bits per heavy atom. The van der Waals surface area contributed by atoms with E-state index >= 15 is 0 Å². The van der Waals surface area contributed by atoms with Crippen molar-refractivity contribution in [3.8, 4) is 0 Å². The predicted molar refractivity (Wildman–Crippen MR) is 100 cm³/mol. The minimum absolute atomic E-state index is 0. The maximum absolute atomic E-state index is 13.6. The molecule has 1 saturated heterocycles. The first-order valence-corrected chi connectivity index (χ1v) is 8.91. The van der Waals surface area contributed by atoms with Crippen molar-refractivity contribution in [1.82, 2.24) is 10.2 Å². The molecule has 1 saturated carbocycles. The highest BCUT2D eigenvalue weighted by atomic mass is 35.5. The molecule has 0 spiro atoms. The van der Waals surface area contributed by atoms with Gasteiger partial charge in [-0.15, -0.1) is 24.8 Å². The summed E-state index contributed by atoms with van der Waals surface area (Å²) in [6.07, 6.45) is -6.02. The van der Waals surface area contributed by atoms with Gasteiger partial charge in [-0.25, -0.2) is 0 Å². The molecule has 28 heavy (non-hydrogen) atoms. The van der Waals surface area contributed by atoms with Gasteiger partial charge in [0.25, 0.3) is 0 Å². The molecule has 2 nitrogen and oxygen atoms in total. The van der Waals surface area contributed by atoms with Crippen molar-refractivity contribution >= 4 is 24.8 Å². The first kappa shape index (κ1) is 25.3. The molecule has 1 aliphatic heterocycles. The largest absolute Gasteiger partial charge is 0.416 e. The number of nitrogens with one attached hydrogen (secondary N) is 1. The molecule has 1 aromatic carbocycles. The topological polar surface area (TPSA) is 15.3 Å². The molecular formula is C18H24Cl2F6N2. The van der Waals surface area contributed by atoms with Crippen LogP contribution in [0.5, 0.6) is 0 Å². The van der Waals surface area contributed by atoms with Crippen LogP contribution >= 0.6 is 24.8 Å². The fourth-order valence-electron chi connectivity index (χ4n) is 4.22. The molecule has 1 aromatic rings. The number of rotatable bonds is 3. The third-order valence-electron chi connectivity index (χ3n) is 5.39. The molecule has 2 aliphatic rings. The molecule has 1 atom stereocenters. The zero-order valence-corrected chi connectivity index (χ0v) is 16.7. The SMILES string of the molecule is Cl.Cl.FC(F)(F)c1ccc(C(F)(F)F)c([C@H](C2CCCC2)N2CCNCC2)c1. The molecule has 1 aliphatic carbocycles. The van der Waals surface area contributed by atoms with Crippen molar-refractivity contribution in [3.05, 3.63) is 34.9 Å². The van der Waals surface area contributed by atoms with Gasteiger partial charge in [-0.3, -0.25) is 4.90 Å². The van der Waals surface area contributed by atoms with Gasteiger partial charge in [0.2, 0.25) is 0 Å². The van der Waals surface area contributed by atoms with E-state index in [1.54, 1.807) is 0 Å². The normalized spacial score (nSPS) is 20.4. The highest BCUT2D eigenvalue weighted by molar-refractivity contribution is 5.85. The van der Waals surface area contributed by atoms with Crippen molar-refractivity contribution < 1.29 is 26.3 Å². The maximum Gasteiger partial charge on any atom is 0.416 e. The molecule has 1 N–H and O–H groups in total. The van der Waals surface area contributed by atoms with E-state index in [0.717, 1.165) is 31.7 Å². The van der Waals surface area contributed by atoms with Gasteiger partial charge in [-0.05, 0) is 42.5 Å². The summed E-state index contributed by atoms with van der Waals surface area (Å²) in [4.78, 5) is 1.93. The molecule has 0 unspecified atom stereocenters. The van der Waals surface area contributed by atoms with Crippen LogP contribution in [0.2, 0.25) is 0 Å². The fourth-order valence-corrected chi connectivity index (χ4v) is 4.22. The summed E-state index contributed by atoms with van der Waals surface area (Å²) in [7, 11) is 0. The van der Waals surface area contributed by atoms with Crippen LogP contribution in [-0.2, 0) is 12.4 Å². The van der Waals surface area contributed by atoms with E-state index in [-0.39, 0.29) is 36.3 Å². The van der Waals surface area contributed by atoms with Gasteiger partial charge in [-0.2, -0.15) is 26.3 Å². The van der Waals surface area contributed by atoms with Crippen molar-refractivity contribution in [2.45, 2.75) is 44.1 Å². The van der Waals surface area contributed by atoms with Crippen molar-refractivity contribution in [2.24, 2.45) is 5.92 Å². The van der Waals surface area contributed by atoms with Crippen LogP contribution < -0.4 is 5.32 Å². The Hall–Kier alpha value is -0.700. The minimum Gasteiger partial charge on any atom is -0.314 e. The van der Waals surface area contributed by atoms with Crippen molar-refractivity contribution in [3.63, 3.8) is 0 Å². The van der Waals surface area contributed by atoms with E-state index in [1.807, 2.05) is 4.90 Å². The zero-order valence-electron chi connectivity index (χ0n) is 15.1. The van der Waals surface area contributed by atoms with Gasteiger partial charge in [0.05, 0.1) is 11.1 Å². The summed E-state index contributed by atoms with van der Waals surface area (Å²) >= 11 is 0. The molecule has 162 valence electrons. The van der Waals surface area contributed by atoms with Crippen molar-refractivity contribution in [2.75, 3.05) is 26.2 Å². The first-order valence-electron chi connectivity index (χ1n) is 8.91. The third kappa shape index (κ3) is 5.68. The zero-order chi connectivity index (χ0) is 18.9. The molecule has 0 amide bonds. The third-order valence-corrected chi connectivity index (χ3v) is 5.39. The smallest absolute Gasteiger partial charge is 0.314 e. The van der Waals surface area contributed by atoms with Crippen LogP contribution in [0.3, 0.4) is 0 Å². The summed E-state index contributed by atoms with van der Waals surface area (Å²) in [5.74, 6) is -0.0438. The van der Waals surface area contributed by atoms with Crippen molar-refractivity contribution in [1.29, 1.82) is 0 Å². The number of piperazine rings is 1. The second-order valence-corrected chi connectivity index (χ2v) is 7.07. The van der Waals surface area contributed by atoms with Gasteiger partial charge >= 0.3 is 12.4 Å². The molecule has 0 aromatic heterocycles. The Labute approximate surface area is 172 Å². The quantitative estimate of drug-likeness (QED) is 0.591. The lowest BCUT2D eigenvalue weighted by Gasteiger charge is -2.40. The highest BCUT2D eigenvalue weighted by Crippen LogP contribution is 2.45. The predicted octanol–water partition coefficient (Wildman–Crippen LogP) is 5.70. The fraction of sp³-hybridized carbons (Fsp3) is 0.667. The number of benzene rings is 1. The lowest BCUT2D eigenvalue weighted by atomic mass is 9.86. The summed E-state index contributed by atoms with van der Waals surface area (Å²) in [6.45, 7) is 2.33. The molecular weight excluding hydrogens is 429 g/mol. The van der Waals surface area contributed by atoms with Gasteiger partial charge in [0.15, 0.2) is 0 Å². The monoisotopic (exact) mass is 452 g/mol. The van der Waals surface area contributed by atoms with E-state index in [4.69, 9.17) is 0 Å². The number of hydrogen-bond donors (Lipinski definition) is 1. The van der Waals surface area contributed by atoms with Crippen LogP contribution in [-0.4, -0.2) is 31.1 Å². The molecule has 2 fully saturated rings. The molecule has 0 radical (unpaired) electrons. The molecule has 10 heteroatoms. The Kier molecular flexibility index (Phi) is 8.93. The number of alkyl halides is 6. The van der Waals surface area contributed by atoms with E-state index < -0.39 is 29.5 Å². The van der Waals surface area contributed by atoms with Gasteiger partial charge < -0.3 is 5.32 Å². The molecule has 0 bridgehead atoms. The van der Waals surface area contributed by atoms with Crippen LogP contribution in [0.4, 0.5) is 26.3 Å². The molecule has 3 rings (SSSR count). The van der Waals surface area contributed by atoms with Crippen LogP contribution in [0.25, 0.3) is 0 Å². The van der Waals surface area contributed by atoms with E-state index in [2.05, 4.69) is 5.32 Å². The lowest BCUT2D eigenvalue weighted by Crippen LogP contribution is -2.47. The summed E-state index contributed by atoms with van der Waals surface area (Å²) in [5.41, 5.74) is -2.18. The van der Waals surface area contributed by atoms with Crippen LogP contribution in [0.15, 0.2) is 18.2 Å². The standard InChI is InChI=1S/C18H22F6N2.2ClH/c19-17(20,21)13-5-6-15(18(22,23)24)14(11-13)16(12-3-1-2-4-12)26-9-7-25-8-10-26;;/h5-6,11-12,16,25H,1-4,7-10H2;2*1H/t16-;;/m0../s1. The number of halogens is 8. The van der Waals surface area contributed by atoms with E-state index in [9.17, 15) is 26.3 Å². The number of hydrogen-bond acceptors (Lipinski definition) is 2. The lowest BCUT2D eigenvalue weighted by molar-refractivity contribution is -0.142. The van der Waals surface area contributed by atoms with Gasteiger partial charge in [0.1, 0.15) is 0 Å². The highest BCUT2D eigenvalue weighted by Gasteiger charge is 2.42. The Morgan fingerprint density at radius 3 is 1.96 bits per heavy atom. The summed E-state index contributed by atoms with van der Waals surface area (Å²) < 4.78 is 80.3. The second-order valence-electron chi connectivity index (χ2n) is 7.07. The average Bonchev–Trinajstić information content (AvgIpc) is 3.08. The number of nitrogens with zero attached hydrogens (tertiary/aromatic N) is 1. The maximum atomic E-state index is 13.6. The summed E-state index contributed by atoms with van der Waals surface area (Å²) in [5, 5.41) is 3.15. The first-order chi connectivity index (χ1) is 12.2.